The Kier molecular flexibility index (Phi) is 4.09. The van der Waals surface area contributed by atoms with E-state index in [1.807, 2.05) is 6.92 Å². The molecule has 0 N–H and O–H groups in total. The van der Waals surface area contributed by atoms with Gasteiger partial charge in [0.15, 0.2) is 5.78 Å². The summed E-state index contributed by atoms with van der Waals surface area (Å²) in [5, 5.41) is 3.65. The van der Waals surface area contributed by atoms with Gasteiger partial charge in [0.05, 0.1) is 0 Å². The number of hydrogen-bond acceptors (Lipinski definition) is 5. The third kappa shape index (κ3) is 3.46. The summed E-state index contributed by atoms with van der Waals surface area (Å²) in [6, 6.07) is 6.27. The molecule has 0 spiro atoms. The Hall–Kier alpha value is -2.21. The predicted octanol–water partition coefficient (Wildman–Crippen LogP) is 2.53. The van der Waals surface area contributed by atoms with E-state index in [9.17, 15) is 13.2 Å². The van der Waals surface area contributed by atoms with Gasteiger partial charge in [0, 0.05) is 0 Å². The molecule has 1 aliphatic carbocycles. The first-order valence-corrected chi connectivity index (χ1v) is 7.70. The van der Waals surface area contributed by atoms with Gasteiger partial charge in [-0.15, -0.1) is 0 Å². The summed E-state index contributed by atoms with van der Waals surface area (Å²) in [6.45, 7) is 5.16. The molecule has 0 fully saturated rings. The molecule has 5 nitrogen and oxygen atoms in total. The minimum Gasteiger partial charge on any atom is -0.290 e. The number of nitrogens with zero attached hydrogens (tertiary/aromatic N) is 1. The fourth-order valence-electron chi connectivity index (χ4n) is 1.71. The number of carbonyl (C=O) groups excluding carboxylic acids is 1. The molecule has 2 rings (SSSR count). The van der Waals surface area contributed by atoms with E-state index in [2.05, 4.69) is 5.16 Å². The van der Waals surface area contributed by atoms with E-state index >= 15 is 0 Å². The van der Waals surface area contributed by atoms with Crippen molar-refractivity contribution in [3.8, 4) is 0 Å². The van der Waals surface area contributed by atoms with E-state index in [4.69, 9.17) is 4.28 Å². The van der Waals surface area contributed by atoms with Gasteiger partial charge in [-0.2, -0.15) is 8.42 Å². The third-order valence-electron chi connectivity index (χ3n) is 3.04. The van der Waals surface area contributed by atoms with Crippen LogP contribution >= 0.6 is 0 Å². The highest BCUT2D eigenvalue weighted by Crippen LogP contribution is 2.16. The average molecular weight is 305 g/mol. The summed E-state index contributed by atoms with van der Waals surface area (Å²) >= 11 is 0. The second-order valence-electron chi connectivity index (χ2n) is 4.84. The number of hydrogen-bond donors (Lipinski definition) is 0. The average Bonchev–Trinajstić information content (AvgIpc) is 2.42. The molecule has 1 aliphatic rings. The van der Waals surface area contributed by atoms with Gasteiger partial charge < -0.3 is 0 Å². The van der Waals surface area contributed by atoms with E-state index in [0.717, 1.165) is 5.56 Å². The summed E-state index contributed by atoms with van der Waals surface area (Å²) in [5.74, 6) is -0.118. The van der Waals surface area contributed by atoms with E-state index < -0.39 is 10.1 Å². The van der Waals surface area contributed by atoms with Gasteiger partial charge in [0.1, 0.15) is 10.6 Å². The maximum atomic E-state index is 12.0. The minimum atomic E-state index is -3.96. The van der Waals surface area contributed by atoms with Crippen LogP contribution in [-0.4, -0.2) is 19.9 Å². The Balaban J connectivity index is 2.26. The number of oxime groups is 1. The van der Waals surface area contributed by atoms with E-state index in [0.29, 0.717) is 16.9 Å². The number of rotatable bonds is 3. The molecule has 0 radical (unpaired) electrons. The van der Waals surface area contributed by atoms with Crippen molar-refractivity contribution in [3.05, 3.63) is 53.1 Å². The summed E-state index contributed by atoms with van der Waals surface area (Å²) in [7, 11) is -3.96. The SMILES string of the molecule is CC1=CC(=NOS(=O)(=O)c2ccc(C)cc2)C(C)=CC1=O. The van der Waals surface area contributed by atoms with Gasteiger partial charge in [-0.05, 0) is 56.2 Å². The number of ketones is 1. The molecule has 0 amide bonds. The molecule has 6 heteroatoms. The number of aryl methyl sites for hydroxylation is 1. The zero-order chi connectivity index (χ0) is 15.6. The molecule has 0 bridgehead atoms. The lowest BCUT2D eigenvalue weighted by Crippen LogP contribution is -2.12. The lowest BCUT2D eigenvalue weighted by molar-refractivity contribution is -0.111. The van der Waals surface area contributed by atoms with Crippen LogP contribution in [0.2, 0.25) is 0 Å². The van der Waals surface area contributed by atoms with Crippen LogP contribution in [0.1, 0.15) is 19.4 Å². The van der Waals surface area contributed by atoms with Gasteiger partial charge in [0.2, 0.25) is 0 Å². The molecule has 1 aromatic carbocycles. The molecule has 0 heterocycles. The largest absolute Gasteiger partial charge is 0.358 e. The van der Waals surface area contributed by atoms with Crippen molar-refractivity contribution < 1.29 is 17.5 Å². The minimum absolute atomic E-state index is 0.0340. The van der Waals surface area contributed by atoms with Gasteiger partial charge in [-0.1, -0.05) is 22.9 Å². The topological polar surface area (TPSA) is 72.8 Å². The Bertz CT molecular complexity index is 768. The monoisotopic (exact) mass is 305 g/mol. The van der Waals surface area contributed by atoms with Crippen LogP contribution in [-0.2, 0) is 19.2 Å². The van der Waals surface area contributed by atoms with E-state index in [1.54, 1.807) is 26.0 Å². The number of carbonyl (C=O) groups is 1. The molecular weight excluding hydrogens is 290 g/mol. The van der Waals surface area contributed by atoms with E-state index in [-0.39, 0.29) is 10.7 Å². The fourth-order valence-corrected chi connectivity index (χ4v) is 2.44. The van der Waals surface area contributed by atoms with Crippen LogP contribution in [0.3, 0.4) is 0 Å². The lowest BCUT2D eigenvalue weighted by Gasteiger charge is -2.09. The first-order chi connectivity index (χ1) is 9.79. The standard InChI is InChI=1S/C15H15NO4S/c1-10-4-6-13(7-5-10)21(18,19)20-16-14-8-12(3)15(17)9-11(14)2/h4-9H,1-3H3. The van der Waals surface area contributed by atoms with Gasteiger partial charge in [-0.25, -0.2) is 0 Å². The molecule has 21 heavy (non-hydrogen) atoms. The zero-order valence-electron chi connectivity index (χ0n) is 12.0. The number of allylic oxidation sites excluding steroid dienone is 4. The van der Waals surface area contributed by atoms with Gasteiger partial charge >= 0.3 is 10.1 Å². The Labute approximate surface area is 123 Å². The van der Waals surface area contributed by atoms with Crippen molar-refractivity contribution >= 4 is 21.6 Å². The molecule has 0 aromatic heterocycles. The highest BCUT2D eigenvalue weighted by atomic mass is 32.2. The van der Waals surface area contributed by atoms with Crippen LogP contribution in [0.5, 0.6) is 0 Å². The van der Waals surface area contributed by atoms with Gasteiger partial charge in [-0.3, -0.25) is 9.08 Å². The Morgan fingerprint density at radius 3 is 2.19 bits per heavy atom. The van der Waals surface area contributed by atoms with Crippen molar-refractivity contribution in [2.45, 2.75) is 25.7 Å². The highest BCUT2D eigenvalue weighted by molar-refractivity contribution is 7.86. The summed E-state index contributed by atoms with van der Waals surface area (Å²) in [4.78, 5) is 11.5. The van der Waals surface area contributed by atoms with Crippen LogP contribution < -0.4 is 0 Å². The van der Waals surface area contributed by atoms with Crippen molar-refractivity contribution in [1.29, 1.82) is 0 Å². The molecule has 1 aromatic rings. The maximum Gasteiger partial charge on any atom is 0.358 e. The Morgan fingerprint density at radius 1 is 0.952 bits per heavy atom. The zero-order valence-corrected chi connectivity index (χ0v) is 12.8. The number of benzene rings is 1. The first-order valence-electron chi connectivity index (χ1n) is 6.29. The maximum absolute atomic E-state index is 12.0. The van der Waals surface area contributed by atoms with E-state index in [1.165, 1.54) is 24.3 Å². The van der Waals surface area contributed by atoms with Crippen molar-refractivity contribution in [2.75, 3.05) is 0 Å². The van der Waals surface area contributed by atoms with Crippen molar-refractivity contribution in [1.82, 2.24) is 0 Å². The fraction of sp³-hybridized carbons (Fsp3) is 0.200. The van der Waals surface area contributed by atoms with Crippen molar-refractivity contribution in [2.24, 2.45) is 5.16 Å². The predicted molar refractivity (Wildman–Crippen MR) is 79.4 cm³/mol. The van der Waals surface area contributed by atoms with Crippen LogP contribution in [0.15, 0.2) is 57.6 Å². The normalized spacial score (nSPS) is 17.5. The molecular formula is C15H15NO4S. The molecule has 0 unspecified atom stereocenters. The first kappa shape index (κ1) is 15.2. The quantitative estimate of drug-likeness (QED) is 0.635. The summed E-state index contributed by atoms with van der Waals surface area (Å²) in [6.07, 6.45) is 2.90. The van der Waals surface area contributed by atoms with Crippen LogP contribution in [0.4, 0.5) is 0 Å². The highest BCUT2D eigenvalue weighted by Gasteiger charge is 2.18. The third-order valence-corrected chi connectivity index (χ3v) is 4.16. The lowest BCUT2D eigenvalue weighted by atomic mass is 9.99. The Morgan fingerprint density at radius 2 is 1.57 bits per heavy atom. The summed E-state index contributed by atoms with van der Waals surface area (Å²) < 4.78 is 28.7. The molecule has 110 valence electrons. The second-order valence-corrected chi connectivity index (χ2v) is 6.37. The van der Waals surface area contributed by atoms with Crippen molar-refractivity contribution in [3.63, 3.8) is 0 Å². The molecule has 0 saturated heterocycles. The van der Waals surface area contributed by atoms with Crippen LogP contribution in [0, 0.1) is 6.92 Å². The summed E-state index contributed by atoms with van der Waals surface area (Å²) in [5.41, 5.74) is 2.31. The molecule has 0 saturated carbocycles. The van der Waals surface area contributed by atoms with Gasteiger partial charge in [0.25, 0.3) is 0 Å². The molecule has 0 atom stereocenters. The second kappa shape index (κ2) is 5.65. The molecule has 0 aliphatic heterocycles. The smallest absolute Gasteiger partial charge is 0.290 e. The van der Waals surface area contributed by atoms with Crippen LogP contribution in [0.25, 0.3) is 0 Å².